The van der Waals surface area contributed by atoms with Gasteiger partial charge in [-0.1, -0.05) is 31.2 Å². The molecular formula is C23H26N2O2S. The Kier molecular flexibility index (Phi) is 5.15. The molecule has 2 aromatic carbocycles. The van der Waals surface area contributed by atoms with Crippen LogP contribution in [0.4, 0.5) is 5.69 Å². The topological polar surface area (TPSA) is 44.7 Å². The zero-order valence-corrected chi connectivity index (χ0v) is 17.5. The third kappa shape index (κ3) is 3.30. The number of nitrogens with one attached hydrogen (secondary N) is 1. The van der Waals surface area contributed by atoms with E-state index in [-0.39, 0.29) is 6.23 Å². The van der Waals surface area contributed by atoms with E-state index in [9.17, 15) is 5.11 Å². The SMILES string of the molecule is COC1Nc2ccc(O)c(-c3ccc([C@@H](C)CN(C)C)cc3)c2-c2ccsc21. The number of likely N-dealkylation sites (N-methyl/N-ethyl adjacent to an activating group) is 1. The van der Waals surface area contributed by atoms with Crippen molar-refractivity contribution in [2.75, 3.05) is 33.1 Å². The first kappa shape index (κ1) is 19.0. The highest BCUT2D eigenvalue weighted by molar-refractivity contribution is 7.10. The third-order valence-corrected chi connectivity index (χ3v) is 6.28. The summed E-state index contributed by atoms with van der Waals surface area (Å²) in [7, 11) is 5.90. The molecule has 2 atom stereocenters. The van der Waals surface area contributed by atoms with E-state index in [0.717, 1.165) is 39.4 Å². The highest BCUT2D eigenvalue weighted by atomic mass is 32.1. The third-order valence-electron chi connectivity index (χ3n) is 5.32. The van der Waals surface area contributed by atoms with Gasteiger partial charge < -0.3 is 20.1 Å². The molecule has 0 aliphatic carbocycles. The molecule has 146 valence electrons. The summed E-state index contributed by atoms with van der Waals surface area (Å²) in [6.45, 7) is 3.25. The van der Waals surface area contributed by atoms with Gasteiger partial charge in [-0.15, -0.1) is 11.3 Å². The Morgan fingerprint density at radius 3 is 2.54 bits per heavy atom. The number of thiophene rings is 1. The number of phenolic OH excluding ortho intramolecular Hbond substituents is 1. The summed E-state index contributed by atoms with van der Waals surface area (Å²) in [5.74, 6) is 0.748. The number of anilines is 1. The lowest BCUT2D eigenvalue weighted by Crippen LogP contribution is -2.18. The minimum absolute atomic E-state index is 0.158. The number of rotatable bonds is 5. The van der Waals surface area contributed by atoms with Gasteiger partial charge in [0.05, 0.1) is 4.88 Å². The molecule has 0 saturated heterocycles. The van der Waals surface area contributed by atoms with E-state index < -0.39 is 0 Å². The van der Waals surface area contributed by atoms with Crippen molar-refractivity contribution in [3.8, 4) is 28.0 Å². The summed E-state index contributed by atoms with van der Waals surface area (Å²) in [4.78, 5) is 3.34. The van der Waals surface area contributed by atoms with Gasteiger partial charge in [-0.25, -0.2) is 0 Å². The van der Waals surface area contributed by atoms with Crippen LogP contribution in [0.3, 0.4) is 0 Å². The molecular weight excluding hydrogens is 368 g/mol. The largest absolute Gasteiger partial charge is 0.507 e. The van der Waals surface area contributed by atoms with Gasteiger partial charge in [-0.2, -0.15) is 0 Å². The quantitative estimate of drug-likeness (QED) is 0.559. The number of ether oxygens (including phenoxy) is 1. The molecule has 1 aliphatic rings. The molecule has 4 nitrogen and oxygen atoms in total. The standard InChI is InChI=1S/C23H26N2O2S/c1-14(13-25(2)3)15-5-7-16(8-6-15)20-19(26)10-9-18-21(20)17-11-12-28-22(17)23(24-18)27-4/h5-12,14,23-24,26H,13H2,1-4H3/t14-,23?/m0/s1. The molecule has 0 saturated carbocycles. The molecule has 2 heterocycles. The molecule has 4 rings (SSSR count). The fourth-order valence-electron chi connectivity index (χ4n) is 4.02. The van der Waals surface area contributed by atoms with Crippen LogP contribution in [0.25, 0.3) is 22.3 Å². The van der Waals surface area contributed by atoms with Gasteiger partial charge in [0, 0.05) is 36.0 Å². The molecule has 0 radical (unpaired) electrons. The predicted molar refractivity (Wildman–Crippen MR) is 117 cm³/mol. The summed E-state index contributed by atoms with van der Waals surface area (Å²) in [5.41, 5.74) is 6.34. The molecule has 3 aromatic rings. The molecule has 1 unspecified atom stereocenters. The fraction of sp³-hybridized carbons (Fsp3) is 0.304. The van der Waals surface area contributed by atoms with Crippen LogP contribution in [-0.2, 0) is 4.74 Å². The van der Waals surface area contributed by atoms with Crippen LogP contribution < -0.4 is 5.32 Å². The van der Waals surface area contributed by atoms with Crippen molar-refractivity contribution in [1.82, 2.24) is 4.90 Å². The lowest BCUT2D eigenvalue weighted by atomic mass is 9.89. The Morgan fingerprint density at radius 1 is 1.11 bits per heavy atom. The number of benzene rings is 2. The first-order valence-electron chi connectivity index (χ1n) is 9.47. The van der Waals surface area contributed by atoms with Crippen LogP contribution in [0.1, 0.15) is 29.5 Å². The summed E-state index contributed by atoms with van der Waals surface area (Å²) < 4.78 is 5.62. The van der Waals surface area contributed by atoms with Crippen molar-refractivity contribution in [2.45, 2.75) is 19.1 Å². The highest BCUT2D eigenvalue weighted by Gasteiger charge is 2.29. The second-order valence-electron chi connectivity index (χ2n) is 7.63. The van der Waals surface area contributed by atoms with Gasteiger partial charge in [-0.05, 0) is 54.7 Å². The zero-order valence-electron chi connectivity index (χ0n) is 16.7. The van der Waals surface area contributed by atoms with Gasteiger partial charge in [0.15, 0.2) is 6.23 Å². The Morgan fingerprint density at radius 2 is 1.86 bits per heavy atom. The number of nitrogens with zero attached hydrogens (tertiary/aromatic N) is 1. The maximum absolute atomic E-state index is 10.7. The summed E-state index contributed by atoms with van der Waals surface area (Å²) in [6.07, 6.45) is -0.158. The molecule has 0 spiro atoms. The number of fused-ring (bicyclic) bond motifs is 3. The highest BCUT2D eigenvalue weighted by Crippen LogP contribution is 2.50. The second-order valence-corrected chi connectivity index (χ2v) is 8.57. The van der Waals surface area contributed by atoms with Crippen molar-refractivity contribution < 1.29 is 9.84 Å². The monoisotopic (exact) mass is 394 g/mol. The van der Waals surface area contributed by atoms with Crippen molar-refractivity contribution in [1.29, 1.82) is 0 Å². The van der Waals surface area contributed by atoms with E-state index in [1.807, 2.05) is 6.07 Å². The maximum atomic E-state index is 10.7. The Labute approximate surface area is 170 Å². The minimum atomic E-state index is -0.158. The van der Waals surface area contributed by atoms with E-state index in [0.29, 0.717) is 11.7 Å². The number of aromatic hydroxyl groups is 1. The molecule has 28 heavy (non-hydrogen) atoms. The normalized spacial score (nSPS) is 16.4. The van der Waals surface area contributed by atoms with Crippen molar-refractivity contribution in [3.63, 3.8) is 0 Å². The average Bonchev–Trinajstić information content (AvgIpc) is 3.17. The van der Waals surface area contributed by atoms with Crippen LogP contribution in [0.2, 0.25) is 0 Å². The smallest absolute Gasteiger partial charge is 0.163 e. The van der Waals surface area contributed by atoms with Crippen molar-refractivity contribution >= 4 is 17.0 Å². The maximum Gasteiger partial charge on any atom is 0.163 e. The van der Waals surface area contributed by atoms with E-state index in [4.69, 9.17) is 4.74 Å². The van der Waals surface area contributed by atoms with Crippen LogP contribution in [0.15, 0.2) is 47.8 Å². The fourth-order valence-corrected chi connectivity index (χ4v) is 4.95. The van der Waals surface area contributed by atoms with Gasteiger partial charge in [0.25, 0.3) is 0 Å². The molecule has 1 aliphatic heterocycles. The van der Waals surface area contributed by atoms with Crippen LogP contribution in [0, 0.1) is 0 Å². The van der Waals surface area contributed by atoms with Gasteiger partial charge >= 0.3 is 0 Å². The zero-order chi connectivity index (χ0) is 19.8. The lowest BCUT2D eigenvalue weighted by Gasteiger charge is -2.28. The summed E-state index contributed by atoms with van der Waals surface area (Å²) in [6, 6.07) is 14.4. The molecule has 0 bridgehead atoms. The minimum Gasteiger partial charge on any atom is -0.507 e. The van der Waals surface area contributed by atoms with E-state index >= 15 is 0 Å². The lowest BCUT2D eigenvalue weighted by molar-refractivity contribution is 0.129. The predicted octanol–water partition coefficient (Wildman–Crippen LogP) is 5.52. The van der Waals surface area contributed by atoms with Gasteiger partial charge in [0.2, 0.25) is 0 Å². The molecule has 0 amide bonds. The molecule has 0 fully saturated rings. The van der Waals surface area contributed by atoms with Gasteiger partial charge in [0.1, 0.15) is 5.75 Å². The van der Waals surface area contributed by atoms with Crippen LogP contribution in [-0.4, -0.2) is 37.8 Å². The number of methoxy groups -OCH3 is 1. The molecule has 5 heteroatoms. The first-order valence-corrected chi connectivity index (χ1v) is 10.4. The van der Waals surface area contributed by atoms with Gasteiger partial charge in [-0.3, -0.25) is 0 Å². The molecule has 2 N–H and O–H groups in total. The average molecular weight is 395 g/mol. The number of hydrogen-bond acceptors (Lipinski definition) is 5. The van der Waals surface area contributed by atoms with Crippen LogP contribution >= 0.6 is 11.3 Å². The Hall–Kier alpha value is -2.34. The Bertz CT molecular complexity index is 979. The number of phenols is 1. The summed E-state index contributed by atoms with van der Waals surface area (Å²) >= 11 is 1.67. The Balaban J connectivity index is 1.79. The van der Waals surface area contributed by atoms with Crippen molar-refractivity contribution in [3.05, 3.63) is 58.3 Å². The van der Waals surface area contributed by atoms with E-state index in [1.165, 1.54) is 5.56 Å². The molecule has 1 aromatic heterocycles. The first-order chi connectivity index (χ1) is 13.5. The van der Waals surface area contributed by atoms with E-state index in [1.54, 1.807) is 24.5 Å². The summed E-state index contributed by atoms with van der Waals surface area (Å²) in [5, 5.41) is 16.3. The second kappa shape index (κ2) is 7.59. The van der Waals surface area contributed by atoms with E-state index in [2.05, 4.69) is 66.9 Å². The van der Waals surface area contributed by atoms with Crippen molar-refractivity contribution in [2.24, 2.45) is 0 Å². The number of hydrogen-bond donors (Lipinski definition) is 2. The van der Waals surface area contributed by atoms with Crippen LogP contribution in [0.5, 0.6) is 5.75 Å².